The van der Waals surface area contributed by atoms with Gasteiger partial charge in [0.2, 0.25) is 0 Å². The molecule has 0 unspecified atom stereocenters. The Kier molecular flexibility index (Phi) is 6.85. The van der Waals surface area contributed by atoms with E-state index in [9.17, 15) is 4.79 Å². The summed E-state index contributed by atoms with van der Waals surface area (Å²) in [5.41, 5.74) is 4.64. The zero-order chi connectivity index (χ0) is 19.1. The second-order valence-electron chi connectivity index (χ2n) is 7.05. The maximum atomic E-state index is 12.2. The summed E-state index contributed by atoms with van der Waals surface area (Å²) >= 11 is 0. The number of carbonyl (C=O) groups excluding carboxylic acids is 1. The second-order valence-corrected chi connectivity index (χ2v) is 7.05. The van der Waals surface area contributed by atoms with Gasteiger partial charge >= 0.3 is 0 Å². The summed E-state index contributed by atoms with van der Waals surface area (Å²) in [6.45, 7) is 8.92. The normalized spacial score (nSPS) is 14.7. The van der Waals surface area contributed by atoms with E-state index in [1.807, 2.05) is 38.1 Å². The van der Waals surface area contributed by atoms with Crippen LogP contribution < -0.4 is 10.1 Å². The van der Waals surface area contributed by atoms with Crippen LogP contribution in [-0.4, -0.2) is 43.7 Å². The molecule has 0 radical (unpaired) electrons. The average molecular weight is 368 g/mol. The number of morpholine rings is 1. The third-order valence-electron chi connectivity index (χ3n) is 4.66. The summed E-state index contributed by atoms with van der Waals surface area (Å²) in [6.07, 6.45) is 0. The standard InChI is InChI=1S/C22H28N2O3/c1-17-11-18(2)13-21(12-17)27-16-22(25)23-14-19-5-3-4-6-20(19)15-24-7-9-26-10-8-24/h3-6,11-13H,7-10,14-16H2,1-2H3,(H,23,25). The summed E-state index contributed by atoms with van der Waals surface area (Å²) in [5, 5.41) is 2.97. The van der Waals surface area contributed by atoms with Crippen molar-refractivity contribution >= 4 is 5.91 Å². The minimum absolute atomic E-state index is 0.0223. The molecule has 1 fully saturated rings. The third kappa shape index (κ3) is 6.08. The van der Waals surface area contributed by atoms with E-state index >= 15 is 0 Å². The molecule has 0 spiro atoms. The molecule has 0 bridgehead atoms. The molecule has 0 aromatic heterocycles. The molecule has 1 N–H and O–H groups in total. The number of nitrogens with one attached hydrogen (secondary N) is 1. The Morgan fingerprint density at radius 1 is 1.07 bits per heavy atom. The van der Waals surface area contributed by atoms with Crippen molar-refractivity contribution < 1.29 is 14.3 Å². The Morgan fingerprint density at radius 2 is 1.74 bits per heavy atom. The van der Waals surface area contributed by atoms with E-state index in [1.54, 1.807) is 0 Å². The lowest BCUT2D eigenvalue weighted by molar-refractivity contribution is -0.123. The molecule has 0 aliphatic carbocycles. The number of hydrogen-bond acceptors (Lipinski definition) is 4. The van der Waals surface area contributed by atoms with Crippen molar-refractivity contribution in [1.82, 2.24) is 10.2 Å². The first-order chi connectivity index (χ1) is 13.1. The van der Waals surface area contributed by atoms with E-state index in [0.29, 0.717) is 6.54 Å². The van der Waals surface area contributed by atoms with Gasteiger partial charge in [-0.2, -0.15) is 0 Å². The minimum atomic E-state index is -0.115. The summed E-state index contributed by atoms with van der Waals surface area (Å²) in [7, 11) is 0. The topological polar surface area (TPSA) is 50.8 Å². The number of rotatable bonds is 7. The predicted molar refractivity (Wildman–Crippen MR) is 106 cm³/mol. The van der Waals surface area contributed by atoms with Gasteiger partial charge in [-0.05, 0) is 48.2 Å². The van der Waals surface area contributed by atoms with Crippen molar-refractivity contribution in [3.05, 3.63) is 64.7 Å². The average Bonchev–Trinajstić information content (AvgIpc) is 2.66. The summed E-state index contributed by atoms with van der Waals surface area (Å²) < 4.78 is 11.0. The molecule has 2 aromatic rings. The Labute approximate surface area is 161 Å². The van der Waals surface area contributed by atoms with E-state index in [4.69, 9.17) is 9.47 Å². The van der Waals surface area contributed by atoms with Crippen LogP contribution >= 0.6 is 0 Å². The molecule has 1 aliphatic rings. The van der Waals surface area contributed by atoms with E-state index in [2.05, 4.69) is 28.4 Å². The van der Waals surface area contributed by atoms with Gasteiger partial charge in [0.15, 0.2) is 6.61 Å². The number of carbonyl (C=O) groups is 1. The molecule has 1 amide bonds. The highest BCUT2D eigenvalue weighted by molar-refractivity contribution is 5.77. The van der Waals surface area contributed by atoms with Gasteiger partial charge in [-0.25, -0.2) is 0 Å². The fourth-order valence-corrected chi connectivity index (χ4v) is 3.29. The number of amides is 1. The van der Waals surface area contributed by atoms with Crippen LogP contribution in [0, 0.1) is 13.8 Å². The van der Waals surface area contributed by atoms with Gasteiger partial charge < -0.3 is 14.8 Å². The largest absolute Gasteiger partial charge is 0.484 e. The first-order valence-corrected chi connectivity index (χ1v) is 9.45. The molecule has 1 aliphatic heterocycles. The summed E-state index contributed by atoms with van der Waals surface area (Å²) in [4.78, 5) is 14.6. The van der Waals surface area contributed by atoms with Gasteiger partial charge in [0, 0.05) is 26.2 Å². The van der Waals surface area contributed by atoms with Crippen LogP contribution in [-0.2, 0) is 22.6 Å². The third-order valence-corrected chi connectivity index (χ3v) is 4.66. The quantitative estimate of drug-likeness (QED) is 0.817. The van der Waals surface area contributed by atoms with E-state index in [0.717, 1.165) is 55.3 Å². The van der Waals surface area contributed by atoms with E-state index in [-0.39, 0.29) is 12.5 Å². The molecule has 5 nitrogen and oxygen atoms in total. The minimum Gasteiger partial charge on any atom is -0.484 e. The fraction of sp³-hybridized carbons (Fsp3) is 0.409. The van der Waals surface area contributed by atoms with Crippen LogP contribution in [0.3, 0.4) is 0 Å². The van der Waals surface area contributed by atoms with Crippen LogP contribution in [0.25, 0.3) is 0 Å². The van der Waals surface area contributed by atoms with Gasteiger partial charge in [-0.15, -0.1) is 0 Å². The van der Waals surface area contributed by atoms with E-state index < -0.39 is 0 Å². The highest BCUT2D eigenvalue weighted by atomic mass is 16.5. The molecule has 3 rings (SSSR count). The van der Waals surface area contributed by atoms with Gasteiger partial charge in [-0.3, -0.25) is 9.69 Å². The molecule has 27 heavy (non-hydrogen) atoms. The Morgan fingerprint density at radius 3 is 2.44 bits per heavy atom. The maximum absolute atomic E-state index is 12.2. The molecule has 0 atom stereocenters. The number of nitrogens with zero attached hydrogens (tertiary/aromatic N) is 1. The molecule has 5 heteroatoms. The van der Waals surface area contributed by atoms with Crippen molar-refractivity contribution in [2.45, 2.75) is 26.9 Å². The first kappa shape index (κ1) is 19.4. The van der Waals surface area contributed by atoms with Crippen LogP contribution in [0.4, 0.5) is 0 Å². The second kappa shape index (κ2) is 9.53. The summed E-state index contributed by atoms with van der Waals surface area (Å²) in [6, 6.07) is 14.2. The number of benzene rings is 2. The molecule has 1 saturated heterocycles. The lowest BCUT2D eigenvalue weighted by atomic mass is 10.1. The lowest BCUT2D eigenvalue weighted by Gasteiger charge is -2.27. The van der Waals surface area contributed by atoms with E-state index in [1.165, 1.54) is 5.56 Å². The zero-order valence-electron chi connectivity index (χ0n) is 16.2. The lowest BCUT2D eigenvalue weighted by Crippen LogP contribution is -2.36. The van der Waals surface area contributed by atoms with Crippen molar-refractivity contribution in [3.8, 4) is 5.75 Å². The highest BCUT2D eigenvalue weighted by Crippen LogP contribution is 2.16. The molecule has 0 saturated carbocycles. The highest BCUT2D eigenvalue weighted by Gasteiger charge is 2.13. The van der Waals surface area contributed by atoms with Crippen molar-refractivity contribution in [3.63, 3.8) is 0 Å². The number of aryl methyl sites for hydroxylation is 2. The SMILES string of the molecule is Cc1cc(C)cc(OCC(=O)NCc2ccccc2CN2CCOCC2)c1. The molecule has 144 valence electrons. The Hall–Kier alpha value is -2.37. The number of hydrogen-bond donors (Lipinski definition) is 1. The van der Waals surface area contributed by atoms with Gasteiger partial charge in [-0.1, -0.05) is 30.3 Å². The van der Waals surface area contributed by atoms with Crippen LogP contribution in [0.5, 0.6) is 5.75 Å². The summed E-state index contributed by atoms with van der Waals surface area (Å²) in [5.74, 6) is 0.616. The van der Waals surface area contributed by atoms with Crippen molar-refractivity contribution in [2.24, 2.45) is 0 Å². The van der Waals surface area contributed by atoms with Crippen LogP contribution in [0.2, 0.25) is 0 Å². The smallest absolute Gasteiger partial charge is 0.258 e. The monoisotopic (exact) mass is 368 g/mol. The van der Waals surface area contributed by atoms with Crippen molar-refractivity contribution in [2.75, 3.05) is 32.9 Å². The van der Waals surface area contributed by atoms with Gasteiger partial charge in [0.1, 0.15) is 5.75 Å². The molecular formula is C22H28N2O3. The number of ether oxygens (including phenoxy) is 2. The Balaban J connectivity index is 1.51. The molecule has 1 heterocycles. The first-order valence-electron chi connectivity index (χ1n) is 9.45. The molecular weight excluding hydrogens is 340 g/mol. The zero-order valence-corrected chi connectivity index (χ0v) is 16.2. The van der Waals surface area contributed by atoms with Gasteiger partial charge in [0.25, 0.3) is 5.91 Å². The van der Waals surface area contributed by atoms with Crippen LogP contribution in [0.15, 0.2) is 42.5 Å². The maximum Gasteiger partial charge on any atom is 0.258 e. The Bertz CT molecular complexity index is 750. The predicted octanol–water partition coefficient (Wildman–Crippen LogP) is 2.83. The molecule has 2 aromatic carbocycles. The van der Waals surface area contributed by atoms with Gasteiger partial charge in [0.05, 0.1) is 13.2 Å². The van der Waals surface area contributed by atoms with Crippen molar-refractivity contribution in [1.29, 1.82) is 0 Å². The fourth-order valence-electron chi connectivity index (χ4n) is 3.29. The van der Waals surface area contributed by atoms with Crippen LogP contribution in [0.1, 0.15) is 22.3 Å².